The van der Waals surface area contributed by atoms with E-state index in [-0.39, 0.29) is 5.91 Å². The second-order valence-electron chi connectivity index (χ2n) is 6.30. The SMILES string of the molecule is CN(C)C(=O)CN1CCC(N2CCn3ccnc3C2)CC1. The van der Waals surface area contributed by atoms with Crippen LogP contribution in [-0.2, 0) is 17.9 Å². The van der Waals surface area contributed by atoms with Gasteiger partial charge in [0.05, 0.1) is 13.1 Å². The molecule has 0 atom stereocenters. The highest BCUT2D eigenvalue weighted by Gasteiger charge is 2.28. The smallest absolute Gasteiger partial charge is 0.236 e. The fraction of sp³-hybridized carbons (Fsp3) is 0.733. The highest BCUT2D eigenvalue weighted by atomic mass is 16.2. The number of aromatic nitrogens is 2. The van der Waals surface area contributed by atoms with E-state index < -0.39 is 0 Å². The highest BCUT2D eigenvalue weighted by molar-refractivity contribution is 5.77. The van der Waals surface area contributed by atoms with Crippen molar-refractivity contribution in [3.8, 4) is 0 Å². The van der Waals surface area contributed by atoms with E-state index in [2.05, 4.69) is 25.5 Å². The predicted octanol–water partition coefficient (Wildman–Crippen LogP) is 0.251. The topological polar surface area (TPSA) is 44.6 Å². The largest absolute Gasteiger partial charge is 0.348 e. The summed E-state index contributed by atoms with van der Waals surface area (Å²) in [7, 11) is 3.65. The van der Waals surface area contributed by atoms with Gasteiger partial charge in [0, 0.05) is 58.7 Å². The van der Waals surface area contributed by atoms with Gasteiger partial charge in [0.25, 0.3) is 0 Å². The van der Waals surface area contributed by atoms with E-state index in [1.54, 1.807) is 4.90 Å². The minimum atomic E-state index is 0.202. The lowest BCUT2D eigenvalue weighted by Crippen LogP contribution is -2.49. The number of amides is 1. The molecule has 1 saturated heterocycles. The Kier molecular flexibility index (Phi) is 4.26. The van der Waals surface area contributed by atoms with Crippen molar-refractivity contribution in [2.75, 3.05) is 40.3 Å². The van der Waals surface area contributed by atoms with Crippen molar-refractivity contribution in [2.45, 2.75) is 32.0 Å². The third-order valence-corrected chi connectivity index (χ3v) is 4.71. The summed E-state index contributed by atoms with van der Waals surface area (Å²) in [5.74, 6) is 1.39. The molecule has 0 bridgehead atoms. The number of carbonyl (C=O) groups excluding carboxylic acids is 1. The zero-order chi connectivity index (χ0) is 14.8. The predicted molar refractivity (Wildman–Crippen MR) is 80.8 cm³/mol. The molecule has 0 N–H and O–H groups in total. The van der Waals surface area contributed by atoms with Crippen molar-refractivity contribution in [1.82, 2.24) is 24.3 Å². The van der Waals surface area contributed by atoms with E-state index in [9.17, 15) is 4.79 Å². The van der Waals surface area contributed by atoms with Gasteiger partial charge in [-0.1, -0.05) is 0 Å². The summed E-state index contributed by atoms with van der Waals surface area (Å²) < 4.78 is 2.25. The number of likely N-dealkylation sites (tertiary alicyclic amines) is 1. The van der Waals surface area contributed by atoms with Gasteiger partial charge in [-0.05, 0) is 12.8 Å². The summed E-state index contributed by atoms with van der Waals surface area (Å²) in [5, 5.41) is 0. The van der Waals surface area contributed by atoms with Gasteiger partial charge in [0.15, 0.2) is 0 Å². The van der Waals surface area contributed by atoms with Crippen LogP contribution in [0.5, 0.6) is 0 Å². The summed E-state index contributed by atoms with van der Waals surface area (Å²) >= 11 is 0. The van der Waals surface area contributed by atoms with Crippen LogP contribution in [0.3, 0.4) is 0 Å². The molecule has 0 spiro atoms. The molecule has 1 aromatic heterocycles. The van der Waals surface area contributed by atoms with Crippen molar-refractivity contribution >= 4 is 5.91 Å². The first-order chi connectivity index (χ1) is 10.1. The molecular formula is C15H25N5O. The second kappa shape index (κ2) is 6.15. The number of piperidine rings is 1. The van der Waals surface area contributed by atoms with Crippen LogP contribution >= 0.6 is 0 Å². The van der Waals surface area contributed by atoms with Crippen LogP contribution in [-0.4, -0.2) is 76.5 Å². The Morgan fingerprint density at radius 1 is 1.29 bits per heavy atom. The molecule has 0 radical (unpaired) electrons. The normalized spacial score (nSPS) is 21.2. The van der Waals surface area contributed by atoms with Gasteiger partial charge in [-0.2, -0.15) is 0 Å². The maximum Gasteiger partial charge on any atom is 0.236 e. The van der Waals surface area contributed by atoms with Crippen molar-refractivity contribution in [3.05, 3.63) is 18.2 Å². The van der Waals surface area contributed by atoms with Gasteiger partial charge in [-0.15, -0.1) is 0 Å². The molecular weight excluding hydrogens is 266 g/mol. The monoisotopic (exact) mass is 291 g/mol. The number of hydrogen-bond donors (Lipinski definition) is 0. The number of carbonyl (C=O) groups is 1. The molecule has 2 aliphatic rings. The van der Waals surface area contributed by atoms with Crippen LogP contribution in [0.25, 0.3) is 0 Å². The molecule has 0 saturated carbocycles. The van der Waals surface area contributed by atoms with Crippen LogP contribution in [0.4, 0.5) is 0 Å². The van der Waals surface area contributed by atoms with Crippen molar-refractivity contribution in [3.63, 3.8) is 0 Å². The quantitative estimate of drug-likeness (QED) is 0.801. The maximum atomic E-state index is 11.8. The van der Waals surface area contributed by atoms with E-state index in [0.29, 0.717) is 12.6 Å². The fourth-order valence-corrected chi connectivity index (χ4v) is 3.28. The Morgan fingerprint density at radius 2 is 2.05 bits per heavy atom. The summed E-state index contributed by atoms with van der Waals surface area (Å²) in [5.41, 5.74) is 0. The van der Waals surface area contributed by atoms with E-state index >= 15 is 0 Å². The van der Waals surface area contributed by atoms with Gasteiger partial charge in [-0.3, -0.25) is 14.6 Å². The molecule has 6 nitrogen and oxygen atoms in total. The lowest BCUT2D eigenvalue weighted by molar-refractivity contribution is -0.130. The summed E-state index contributed by atoms with van der Waals surface area (Å²) in [6, 6.07) is 0.640. The summed E-state index contributed by atoms with van der Waals surface area (Å²) in [4.78, 5) is 22.7. The Morgan fingerprint density at radius 3 is 2.76 bits per heavy atom. The molecule has 1 amide bonds. The minimum Gasteiger partial charge on any atom is -0.348 e. The third kappa shape index (κ3) is 3.27. The number of hydrogen-bond acceptors (Lipinski definition) is 4. The van der Waals surface area contributed by atoms with E-state index in [1.165, 1.54) is 5.82 Å². The molecule has 0 unspecified atom stereocenters. The van der Waals surface area contributed by atoms with E-state index in [4.69, 9.17) is 0 Å². The van der Waals surface area contributed by atoms with Crippen LogP contribution in [0.1, 0.15) is 18.7 Å². The molecule has 0 aromatic carbocycles. The summed E-state index contributed by atoms with van der Waals surface area (Å²) in [6.07, 6.45) is 6.28. The molecule has 3 heterocycles. The van der Waals surface area contributed by atoms with Gasteiger partial charge in [0.1, 0.15) is 5.82 Å². The highest BCUT2D eigenvalue weighted by Crippen LogP contribution is 2.21. The fourth-order valence-electron chi connectivity index (χ4n) is 3.28. The molecule has 0 aliphatic carbocycles. The summed E-state index contributed by atoms with van der Waals surface area (Å²) in [6.45, 7) is 5.74. The Labute approximate surface area is 126 Å². The Balaban J connectivity index is 1.49. The van der Waals surface area contributed by atoms with Gasteiger partial charge >= 0.3 is 0 Å². The first-order valence-corrected chi connectivity index (χ1v) is 7.80. The molecule has 1 fully saturated rings. The van der Waals surface area contributed by atoms with Crippen LogP contribution in [0.15, 0.2) is 12.4 Å². The Hall–Kier alpha value is -1.40. The van der Waals surface area contributed by atoms with Crippen molar-refractivity contribution in [1.29, 1.82) is 0 Å². The zero-order valence-corrected chi connectivity index (χ0v) is 13.0. The third-order valence-electron chi connectivity index (χ3n) is 4.71. The van der Waals surface area contributed by atoms with E-state index in [0.717, 1.165) is 45.6 Å². The average Bonchev–Trinajstić information content (AvgIpc) is 2.95. The first-order valence-electron chi connectivity index (χ1n) is 7.80. The lowest BCUT2D eigenvalue weighted by Gasteiger charge is -2.40. The maximum absolute atomic E-state index is 11.8. The Bertz CT molecular complexity index is 490. The number of rotatable bonds is 3. The standard InChI is InChI=1S/C15H25N5O/c1-17(2)15(21)12-18-6-3-13(4-7-18)20-10-9-19-8-5-16-14(19)11-20/h5,8,13H,3-4,6-7,9-12H2,1-2H3. The molecule has 21 heavy (non-hydrogen) atoms. The van der Waals surface area contributed by atoms with Crippen molar-refractivity contribution in [2.24, 2.45) is 0 Å². The van der Waals surface area contributed by atoms with Gasteiger partial charge < -0.3 is 9.47 Å². The van der Waals surface area contributed by atoms with Gasteiger partial charge in [-0.25, -0.2) is 4.98 Å². The molecule has 3 rings (SSSR count). The lowest BCUT2D eigenvalue weighted by atomic mass is 10.0. The second-order valence-corrected chi connectivity index (χ2v) is 6.30. The minimum absolute atomic E-state index is 0.202. The van der Waals surface area contributed by atoms with Gasteiger partial charge in [0.2, 0.25) is 5.91 Å². The number of nitrogens with zero attached hydrogens (tertiary/aromatic N) is 5. The van der Waals surface area contributed by atoms with Crippen LogP contribution in [0.2, 0.25) is 0 Å². The first kappa shape index (κ1) is 14.5. The molecule has 1 aromatic rings. The number of imidazole rings is 1. The molecule has 116 valence electrons. The van der Waals surface area contributed by atoms with E-state index in [1.807, 2.05) is 20.3 Å². The van der Waals surface area contributed by atoms with Crippen LogP contribution in [0, 0.1) is 0 Å². The molecule has 2 aliphatic heterocycles. The number of likely N-dealkylation sites (N-methyl/N-ethyl adjacent to an activating group) is 1. The van der Waals surface area contributed by atoms with Crippen molar-refractivity contribution < 1.29 is 4.79 Å². The molecule has 6 heteroatoms. The average molecular weight is 291 g/mol. The zero-order valence-electron chi connectivity index (χ0n) is 13.0. The number of fused-ring (bicyclic) bond motifs is 1. The van der Waals surface area contributed by atoms with Crippen LogP contribution < -0.4 is 0 Å².